The fourth-order valence-electron chi connectivity index (χ4n) is 1.40. The average Bonchev–Trinajstić information content (AvgIpc) is 2.26. The molecule has 0 aromatic heterocycles. The zero-order chi connectivity index (χ0) is 11.3. The van der Waals surface area contributed by atoms with Gasteiger partial charge in [-0.25, -0.2) is 4.39 Å². The van der Waals surface area contributed by atoms with Crippen LogP contribution in [0.25, 0.3) is 0 Å². The van der Waals surface area contributed by atoms with Crippen molar-refractivity contribution >= 4 is 0 Å². The first-order valence-electron chi connectivity index (χ1n) is 4.67. The van der Waals surface area contributed by atoms with Crippen LogP contribution in [0.2, 0.25) is 0 Å². The number of halogens is 1. The predicted octanol–water partition coefficient (Wildman–Crippen LogP) is 2.12. The first-order chi connectivity index (χ1) is 7.22. The first-order valence-corrected chi connectivity index (χ1v) is 4.67. The van der Waals surface area contributed by atoms with Crippen molar-refractivity contribution in [3.8, 4) is 18.1 Å². The SMILES string of the molecule is C#CCC(NC)c1ccc(OC)cc1F. The Balaban J connectivity index is 2.98. The molecule has 1 aromatic rings. The minimum absolute atomic E-state index is 0.152. The Hall–Kier alpha value is -1.53. The topological polar surface area (TPSA) is 21.3 Å². The summed E-state index contributed by atoms with van der Waals surface area (Å²) in [7, 11) is 3.26. The number of benzene rings is 1. The lowest BCUT2D eigenvalue weighted by molar-refractivity contribution is 0.409. The van der Waals surface area contributed by atoms with Crippen molar-refractivity contribution in [1.82, 2.24) is 5.32 Å². The van der Waals surface area contributed by atoms with Crippen LogP contribution < -0.4 is 10.1 Å². The van der Waals surface area contributed by atoms with Crippen molar-refractivity contribution < 1.29 is 9.13 Å². The summed E-state index contributed by atoms with van der Waals surface area (Å²) in [5.41, 5.74) is 0.566. The van der Waals surface area contributed by atoms with Gasteiger partial charge < -0.3 is 10.1 Å². The smallest absolute Gasteiger partial charge is 0.131 e. The van der Waals surface area contributed by atoms with Gasteiger partial charge in [-0.2, -0.15) is 0 Å². The van der Waals surface area contributed by atoms with Crippen molar-refractivity contribution in [2.75, 3.05) is 14.2 Å². The number of hydrogen-bond donors (Lipinski definition) is 1. The molecule has 0 radical (unpaired) electrons. The molecule has 1 rings (SSSR count). The van der Waals surface area contributed by atoms with Gasteiger partial charge in [-0.15, -0.1) is 12.3 Å². The Morgan fingerprint density at radius 1 is 1.60 bits per heavy atom. The zero-order valence-corrected chi connectivity index (χ0v) is 8.88. The van der Waals surface area contributed by atoms with Gasteiger partial charge in [0.1, 0.15) is 11.6 Å². The van der Waals surface area contributed by atoms with Gasteiger partial charge in [-0.3, -0.25) is 0 Å². The van der Waals surface area contributed by atoms with Crippen LogP contribution in [-0.4, -0.2) is 14.2 Å². The van der Waals surface area contributed by atoms with Gasteiger partial charge in [0, 0.05) is 24.1 Å². The van der Waals surface area contributed by atoms with Crippen LogP contribution in [0.4, 0.5) is 4.39 Å². The highest BCUT2D eigenvalue weighted by atomic mass is 19.1. The van der Waals surface area contributed by atoms with Gasteiger partial charge in [0.25, 0.3) is 0 Å². The molecule has 0 aliphatic rings. The van der Waals surface area contributed by atoms with E-state index < -0.39 is 0 Å². The van der Waals surface area contributed by atoms with E-state index in [1.54, 1.807) is 19.2 Å². The molecular weight excluding hydrogens is 193 g/mol. The molecule has 1 N–H and O–H groups in total. The Morgan fingerprint density at radius 2 is 2.33 bits per heavy atom. The molecule has 0 heterocycles. The molecule has 15 heavy (non-hydrogen) atoms. The van der Waals surface area contributed by atoms with Crippen molar-refractivity contribution in [2.24, 2.45) is 0 Å². The molecule has 0 saturated heterocycles. The van der Waals surface area contributed by atoms with E-state index in [9.17, 15) is 4.39 Å². The van der Waals surface area contributed by atoms with Gasteiger partial charge in [-0.05, 0) is 13.1 Å². The molecule has 0 aliphatic carbocycles. The van der Waals surface area contributed by atoms with Crippen LogP contribution in [0, 0.1) is 18.2 Å². The van der Waals surface area contributed by atoms with Crippen LogP contribution in [0.15, 0.2) is 18.2 Å². The monoisotopic (exact) mass is 207 g/mol. The molecule has 0 spiro atoms. The molecule has 0 aliphatic heterocycles. The molecule has 0 amide bonds. The summed E-state index contributed by atoms with van der Waals surface area (Å²) >= 11 is 0. The summed E-state index contributed by atoms with van der Waals surface area (Å²) in [4.78, 5) is 0. The summed E-state index contributed by atoms with van der Waals surface area (Å²) in [5, 5.41) is 2.97. The van der Waals surface area contributed by atoms with Gasteiger partial charge in [0.2, 0.25) is 0 Å². The fourth-order valence-corrected chi connectivity index (χ4v) is 1.40. The number of rotatable bonds is 4. The number of hydrogen-bond acceptors (Lipinski definition) is 2. The summed E-state index contributed by atoms with van der Waals surface area (Å²) in [6.45, 7) is 0. The van der Waals surface area contributed by atoms with E-state index in [1.165, 1.54) is 13.2 Å². The van der Waals surface area contributed by atoms with E-state index in [-0.39, 0.29) is 11.9 Å². The maximum absolute atomic E-state index is 13.6. The van der Waals surface area contributed by atoms with Gasteiger partial charge >= 0.3 is 0 Å². The standard InChI is InChI=1S/C12H14FNO/c1-4-5-12(14-2)10-7-6-9(15-3)8-11(10)13/h1,6-8,12,14H,5H2,2-3H3. The molecule has 1 atom stereocenters. The Morgan fingerprint density at radius 3 is 2.80 bits per heavy atom. The van der Waals surface area contributed by atoms with Crippen molar-refractivity contribution in [3.05, 3.63) is 29.6 Å². The van der Waals surface area contributed by atoms with Crippen molar-refractivity contribution in [1.29, 1.82) is 0 Å². The van der Waals surface area contributed by atoms with Gasteiger partial charge in [-0.1, -0.05) is 6.07 Å². The average molecular weight is 207 g/mol. The van der Waals surface area contributed by atoms with Crippen molar-refractivity contribution in [2.45, 2.75) is 12.5 Å². The lowest BCUT2D eigenvalue weighted by Crippen LogP contribution is -2.17. The minimum atomic E-state index is -0.302. The Bertz CT molecular complexity index is 370. The van der Waals surface area contributed by atoms with Crippen LogP contribution in [0.1, 0.15) is 18.0 Å². The summed E-state index contributed by atoms with van der Waals surface area (Å²) < 4.78 is 18.5. The van der Waals surface area contributed by atoms with Crippen LogP contribution in [0.3, 0.4) is 0 Å². The van der Waals surface area contributed by atoms with Crippen LogP contribution in [-0.2, 0) is 0 Å². The minimum Gasteiger partial charge on any atom is -0.497 e. The highest BCUT2D eigenvalue weighted by molar-refractivity contribution is 5.31. The number of terminal acetylenes is 1. The Kier molecular flexibility index (Phi) is 4.14. The number of nitrogens with one attached hydrogen (secondary N) is 1. The fraction of sp³-hybridized carbons (Fsp3) is 0.333. The van der Waals surface area contributed by atoms with Crippen LogP contribution >= 0.6 is 0 Å². The second-order valence-corrected chi connectivity index (χ2v) is 3.14. The molecule has 0 saturated carbocycles. The van der Waals surface area contributed by atoms with E-state index >= 15 is 0 Å². The summed E-state index contributed by atoms with van der Waals surface area (Å²) in [6.07, 6.45) is 5.67. The maximum atomic E-state index is 13.6. The normalized spacial score (nSPS) is 11.9. The van der Waals surface area contributed by atoms with E-state index in [1.807, 2.05) is 0 Å². The van der Waals surface area contributed by atoms with Crippen molar-refractivity contribution in [3.63, 3.8) is 0 Å². The zero-order valence-electron chi connectivity index (χ0n) is 8.88. The van der Waals surface area contributed by atoms with Gasteiger partial charge in [0.05, 0.1) is 7.11 Å². The molecular formula is C12H14FNO. The second-order valence-electron chi connectivity index (χ2n) is 3.14. The molecule has 1 unspecified atom stereocenters. The summed E-state index contributed by atoms with van der Waals surface area (Å²) in [6, 6.07) is 4.61. The predicted molar refractivity (Wildman–Crippen MR) is 58.2 cm³/mol. The quantitative estimate of drug-likeness (QED) is 0.763. The first kappa shape index (κ1) is 11.5. The second kappa shape index (κ2) is 5.38. The number of methoxy groups -OCH3 is 1. The molecule has 0 bridgehead atoms. The van der Waals surface area contributed by atoms with Crippen LogP contribution in [0.5, 0.6) is 5.75 Å². The molecule has 3 heteroatoms. The third-order valence-corrected chi connectivity index (χ3v) is 2.25. The summed E-state index contributed by atoms with van der Waals surface area (Å²) in [5.74, 6) is 2.72. The highest BCUT2D eigenvalue weighted by Gasteiger charge is 2.13. The molecule has 2 nitrogen and oxygen atoms in total. The van der Waals surface area contributed by atoms with Gasteiger partial charge in [0.15, 0.2) is 0 Å². The van der Waals surface area contributed by atoms with E-state index in [2.05, 4.69) is 11.2 Å². The largest absolute Gasteiger partial charge is 0.497 e. The lowest BCUT2D eigenvalue weighted by atomic mass is 10.0. The Labute approximate surface area is 89.4 Å². The number of ether oxygens (including phenoxy) is 1. The maximum Gasteiger partial charge on any atom is 0.131 e. The third kappa shape index (κ3) is 2.71. The molecule has 1 aromatic carbocycles. The third-order valence-electron chi connectivity index (χ3n) is 2.25. The van der Waals surface area contributed by atoms with E-state index in [4.69, 9.17) is 11.2 Å². The van der Waals surface area contributed by atoms with E-state index in [0.717, 1.165) is 0 Å². The molecule has 0 fully saturated rings. The van der Waals surface area contributed by atoms with E-state index in [0.29, 0.717) is 17.7 Å². The molecule has 80 valence electrons. The lowest BCUT2D eigenvalue weighted by Gasteiger charge is -2.15. The highest BCUT2D eigenvalue weighted by Crippen LogP contribution is 2.23.